The van der Waals surface area contributed by atoms with Gasteiger partial charge >= 0.3 is 6.03 Å². The summed E-state index contributed by atoms with van der Waals surface area (Å²) in [4.78, 5) is 14.7. The highest BCUT2D eigenvalue weighted by Gasteiger charge is 2.43. The molecular weight excluding hydrogens is 236 g/mol. The molecule has 2 saturated heterocycles. The fourth-order valence-corrected chi connectivity index (χ4v) is 4.37. The molecule has 2 bridgehead atoms. The third-order valence-corrected chi connectivity index (χ3v) is 5.50. The quantitative estimate of drug-likeness (QED) is 0.720. The second kappa shape index (κ2) is 4.53. The van der Waals surface area contributed by atoms with Crippen molar-refractivity contribution in [3.05, 3.63) is 11.1 Å². The molecule has 2 aliphatic heterocycles. The van der Waals surface area contributed by atoms with E-state index in [0.29, 0.717) is 18.1 Å². The fraction of sp³-hybridized carbons (Fsp3) is 0.812. The number of urea groups is 1. The smallest absolute Gasteiger partial charge is 0.318 e. The van der Waals surface area contributed by atoms with Gasteiger partial charge in [-0.3, -0.25) is 0 Å². The Labute approximate surface area is 115 Å². The molecule has 2 heterocycles. The monoisotopic (exact) mass is 260 g/mol. The number of amides is 2. The second-order valence-corrected chi connectivity index (χ2v) is 6.84. The average Bonchev–Trinajstić information content (AvgIpc) is 3.07. The number of nitrogens with one attached hydrogen (secondary N) is 1. The minimum atomic E-state index is 0.235. The third kappa shape index (κ3) is 2.17. The number of rotatable bonds is 1. The number of allylic oxidation sites excluding steroid dienone is 1. The Balaban J connectivity index is 1.44. The second-order valence-electron chi connectivity index (χ2n) is 6.84. The largest absolute Gasteiger partial charge is 0.335 e. The number of carbonyl (C=O) groups excluding carboxylic acids is 1. The Morgan fingerprint density at radius 1 is 0.947 bits per heavy atom. The fourth-order valence-electron chi connectivity index (χ4n) is 4.37. The van der Waals surface area contributed by atoms with Crippen LogP contribution in [0.25, 0.3) is 0 Å². The molecule has 0 aromatic rings. The number of fused-ring (bicyclic) bond motifs is 2. The van der Waals surface area contributed by atoms with Gasteiger partial charge in [-0.1, -0.05) is 24.0 Å². The Hall–Kier alpha value is -0.990. The molecule has 2 amide bonds. The first-order chi connectivity index (χ1) is 9.31. The summed E-state index contributed by atoms with van der Waals surface area (Å²) in [6.07, 6.45) is 12.4. The molecule has 2 aliphatic carbocycles. The van der Waals surface area contributed by atoms with Crippen LogP contribution in [-0.4, -0.2) is 29.1 Å². The summed E-state index contributed by atoms with van der Waals surface area (Å²) in [6, 6.07) is 1.70. The van der Waals surface area contributed by atoms with Crippen molar-refractivity contribution in [2.75, 3.05) is 0 Å². The predicted octanol–water partition coefficient (Wildman–Crippen LogP) is 3.36. The van der Waals surface area contributed by atoms with Crippen molar-refractivity contribution in [2.24, 2.45) is 0 Å². The zero-order chi connectivity index (χ0) is 12.8. The summed E-state index contributed by atoms with van der Waals surface area (Å²) in [5, 5.41) is 3.28. The van der Waals surface area contributed by atoms with E-state index in [0.717, 1.165) is 0 Å². The minimum absolute atomic E-state index is 0.235. The van der Waals surface area contributed by atoms with Gasteiger partial charge in [0.1, 0.15) is 0 Å². The van der Waals surface area contributed by atoms with E-state index in [1.54, 1.807) is 11.1 Å². The summed E-state index contributed by atoms with van der Waals surface area (Å²) in [5.74, 6) is 0. The number of hydrogen-bond acceptors (Lipinski definition) is 1. The van der Waals surface area contributed by atoms with E-state index in [1.807, 2.05) is 0 Å². The van der Waals surface area contributed by atoms with Gasteiger partial charge in [-0.15, -0.1) is 0 Å². The Bertz CT molecular complexity index is 400. The molecule has 2 atom stereocenters. The maximum atomic E-state index is 12.5. The molecule has 19 heavy (non-hydrogen) atoms. The average molecular weight is 260 g/mol. The molecule has 0 aromatic heterocycles. The first kappa shape index (κ1) is 11.8. The van der Waals surface area contributed by atoms with Gasteiger partial charge in [0.2, 0.25) is 0 Å². The number of nitrogens with zero attached hydrogens (tertiary/aromatic N) is 1. The van der Waals surface area contributed by atoms with Crippen molar-refractivity contribution >= 4 is 6.03 Å². The lowest BCUT2D eigenvalue weighted by molar-refractivity contribution is 0.157. The molecule has 1 N–H and O–H groups in total. The zero-order valence-electron chi connectivity index (χ0n) is 11.7. The highest BCUT2D eigenvalue weighted by Crippen LogP contribution is 2.44. The zero-order valence-corrected chi connectivity index (χ0v) is 11.7. The molecule has 4 fully saturated rings. The maximum absolute atomic E-state index is 12.5. The van der Waals surface area contributed by atoms with Gasteiger partial charge in [0.05, 0.1) is 0 Å². The van der Waals surface area contributed by atoms with E-state index in [-0.39, 0.29) is 6.03 Å². The molecule has 3 nitrogen and oxygen atoms in total. The topological polar surface area (TPSA) is 32.3 Å². The third-order valence-electron chi connectivity index (χ3n) is 5.50. The van der Waals surface area contributed by atoms with E-state index in [9.17, 15) is 4.79 Å². The molecule has 4 aliphatic rings. The molecule has 2 saturated carbocycles. The van der Waals surface area contributed by atoms with E-state index < -0.39 is 0 Å². The van der Waals surface area contributed by atoms with Crippen molar-refractivity contribution in [3.63, 3.8) is 0 Å². The van der Waals surface area contributed by atoms with Crippen LogP contribution in [0.3, 0.4) is 0 Å². The van der Waals surface area contributed by atoms with Gasteiger partial charge in [-0.25, -0.2) is 4.79 Å². The number of carbonyl (C=O) groups is 1. The summed E-state index contributed by atoms with van der Waals surface area (Å²) in [6.45, 7) is 0. The molecule has 0 radical (unpaired) electrons. The number of hydrogen-bond donors (Lipinski definition) is 1. The van der Waals surface area contributed by atoms with Gasteiger partial charge in [0.15, 0.2) is 0 Å². The van der Waals surface area contributed by atoms with Crippen molar-refractivity contribution in [2.45, 2.75) is 82.3 Å². The van der Waals surface area contributed by atoms with Crippen LogP contribution >= 0.6 is 0 Å². The Morgan fingerprint density at radius 2 is 1.58 bits per heavy atom. The maximum Gasteiger partial charge on any atom is 0.318 e. The predicted molar refractivity (Wildman–Crippen MR) is 74.9 cm³/mol. The molecular formula is C16H24N2O. The summed E-state index contributed by atoms with van der Waals surface area (Å²) >= 11 is 0. The van der Waals surface area contributed by atoms with E-state index in [4.69, 9.17) is 0 Å². The Morgan fingerprint density at radius 3 is 2.16 bits per heavy atom. The summed E-state index contributed by atoms with van der Waals surface area (Å²) in [5.41, 5.74) is 3.42. The lowest BCUT2D eigenvalue weighted by Crippen LogP contribution is -2.51. The summed E-state index contributed by atoms with van der Waals surface area (Å²) < 4.78 is 0. The molecule has 2 unspecified atom stereocenters. The van der Waals surface area contributed by atoms with Crippen LogP contribution in [0.1, 0.15) is 64.2 Å². The van der Waals surface area contributed by atoms with Gasteiger partial charge < -0.3 is 10.2 Å². The first-order valence-electron chi connectivity index (χ1n) is 8.10. The van der Waals surface area contributed by atoms with Crippen LogP contribution in [0.5, 0.6) is 0 Å². The van der Waals surface area contributed by atoms with Crippen LogP contribution in [0.15, 0.2) is 11.1 Å². The van der Waals surface area contributed by atoms with Gasteiger partial charge in [0.25, 0.3) is 0 Å². The normalized spacial score (nSPS) is 34.0. The van der Waals surface area contributed by atoms with Gasteiger partial charge in [-0.05, 0) is 51.4 Å². The van der Waals surface area contributed by atoms with Crippen LogP contribution in [0.2, 0.25) is 0 Å². The van der Waals surface area contributed by atoms with Crippen LogP contribution < -0.4 is 5.32 Å². The molecule has 3 heteroatoms. The van der Waals surface area contributed by atoms with Crippen molar-refractivity contribution < 1.29 is 4.79 Å². The first-order valence-corrected chi connectivity index (χ1v) is 8.10. The lowest BCUT2D eigenvalue weighted by Gasteiger charge is -2.37. The highest BCUT2D eigenvalue weighted by atomic mass is 16.2. The molecule has 104 valence electrons. The Kier molecular flexibility index (Phi) is 2.82. The van der Waals surface area contributed by atoms with Crippen LogP contribution in [0.4, 0.5) is 4.79 Å². The van der Waals surface area contributed by atoms with Gasteiger partial charge in [-0.2, -0.15) is 0 Å². The highest BCUT2D eigenvalue weighted by molar-refractivity contribution is 5.76. The number of piperidine rings is 1. The molecule has 4 rings (SSSR count). The molecule has 0 spiro atoms. The van der Waals surface area contributed by atoms with E-state index >= 15 is 0 Å². The van der Waals surface area contributed by atoms with Gasteiger partial charge in [0, 0.05) is 18.1 Å². The lowest BCUT2D eigenvalue weighted by atomic mass is 9.96. The SMILES string of the molecule is O=C(NC1CCCC1)N1C2CCC1CC(=C1CC1)C2. The van der Waals surface area contributed by atoms with Crippen molar-refractivity contribution in [1.82, 2.24) is 10.2 Å². The van der Waals surface area contributed by atoms with Crippen LogP contribution in [-0.2, 0) is 0 Å². The van der Waals surface area contributed by atoms with Crippen LogP contribution in [0, 0.1) is 0 Å². The standard InChI is InChI=1S/C16H24N2O/c19-16(17-13-3-1-2-4-13)18-14-7-8-15(18)10-12(9-14)11-5-6-11/h13-15H,1-10H2,(H,17,19). The van der Waals surface area contributed by atoms with E-state index in [1.165, 1.54) is 64.2 Å². The van der Waals surface area contributed by atoms with Crippen molar-refractivity contribution in [3.8, 4) is 0 Å². The van der Waals surface area contributed by atoms with Crippen molar-refractivity contribution in [1.29, 1.82) is 0 Å². The van der Waals surface area contributed by atoms with E-state index in [2.05, 4.69) is 10.2 Å². The summed E-state index contributed by atoms with van der Waals surface area (Å²) in [7, 11) is 0. The minimum Gasteiger partial charge on any atom is -0.335 e. The molecule has 0 aromatic carbocycles.